The summed E-state index contributed by atoms with van der Waals surface area (Å²) >= 11 is 6.03. The predicted octanol–water partition coefficient (Wildman–Crippen LogP) is 4.93. The summed E-state index contributed by atoms with van der Waals surface area (Å²) in [5.74, 6) is 1.86. The Labute approximate surface area is 136 Å². The highest BCUT2D eigenvalue weighted by Crippen LogP contribution is 2.39. The highest BCUT2D eigenvalue weighted by atomic mass is 35.5. The third-order valence-electron chi connectivity index (χ3n) is 4.97. The molecular formula is C18H22ClN3. The zero-order valence-corrected chi connectivity index (χ0v) is 13.6. The summed E-state index contributed by atoms with van der Waals surface area (Å²) in [6.07, 6.45) is 8.93. The van der Waals surface area contributed by atoms with Crippen LogP contribution in [0.1, 0.15) is 55.7 Å². The molecule has 1 aliphatic carbocycles. The van der Waals surface area contributed by atoms with Crippen molar-refractivity contribution >= 4 is 17.4 Å². The quantitative estimate of drug-likeness (QED) is 0.851. The number of benzene rings is 1. The van der Waals surface area contributed by atoms with Gasteiger partial charge in [0.2, 0.25) is 0 Å². The van der Waals surface area contributed by atoms with Crippen LogP contribution in [0.15, 0.2) is 24.3 Å². The summed E-state index contributed by atoms with van der Waals surface area (Å²) in [4.78, 5) is 0. The zero-order valence-electron chi connectivity index (χ0n) is 12.8. The van der Waals surface area contributed by atoms with E-state index in [1.54, 1.807) is 0 Å². The van der Waals surface area contributed by atoms with E-state index in [9.17, 15) is 0 Å². The molecule has 1 saturated carbocycles. The number of rotatable bonds is 2. The summed E-state index contributed by atoms with van der Waals surface area (Å²) in [6.45, 7) is 1.04. The minimum atomic E-state index is 0.655. The van der Waals surface area contributed by atoms with Gasteiger partial charge in [0.15, 0.2) is 0 Å². The van der Waals surface area contributed by atoms with Crippen LogP contribution in [0.25, 0.3) is 5.69 Å². The third kappa shape index (κ3) is 2.52. The van der Waals surface area contributed by atoms with E-state index in [2.05, 4.69) is 22.1 Å². The van der Waals surface area contributed by atoms with E-state index < -0.39 is 0 Å². The number of nitrogens with zero attached hydrogens (tertiary/aromatic N) is 2. The Morgan fingerprint density at radius 2 is 1.82 bits per heavy atom. The van der Waals surface area contributed by atoms with Crippen molar-refractivity contribution in [2.24, 2.45) is 0 Å². The number of halogens is 1. The second-order valence-corrected chi connectivity index (χ2v) is 6.90. The maximum Gasteiger partial charge on any atom is 0.133 e. The lowest BCUT2D eigenvalue weighted by Gasteiger charge is -2.09. The summed E-state index contributed by atoms with van der Waals surface area (Å²) in [5, 5.41) is 9.41. The molecule has 22 heavy (non-hydrogen) atoms. The van der Waals surface area contributed by atoms with Crippen molar-refractivity contribution in [1.29, 1.82) is 0 Å². The molecule has 4 heteroatoms. The number of hydrogen-bond donors (Lipinski definition) is 1. The van der Waals surface area contributed by atoms with Gasteiger partial charge in [0.25, 0.3) is 0 Å². The monoisotopic (exact) mass is 315 g/mol. The summed E-state index contributed by atoms with van der Waals surface area (Å²) in [5.41, 5.74) is 3.90. The Hall–Kier alpha value is -1.48. The molecule has 1 aliphatic heterocycles. The Morgan fingerprint density at radius 1 is 1.05 bits per heavy atom. The first kappa shape index (κ1) is 14.1. The van der Waals surface area contributed by atoms with Crippen molar-refractivity contribution in [3.05, 3.63) is 40.5 Å². The number of anilines is 1. The average Bonchev–Trinajstić information content (AvgIpc) is 3.10. The van der Waals surface area contributed by atoms with Gasteiger partial charge in [-0.25, -0.2) is 4.68 Å². The highest BCUT2D eigenvalue weighted by molar-refractivity contribution is 6.30. The Balaban J connectivity index is 1.81. The molecule has 2 aliphatic rings. The molecule has 0 atom stereocenters. The van der Waals surface area contributed by atoms with E-state index in [1.807, 2.05) is 12.1 Å². The van der Waals surface area contributed by atoms with Gasteiger partial charge in [-0.1, -0.05) is 24.4 Å². The smallest absolute Gasteiger partial charge is 0.133 e. The van der Waals surface area contributed by atoms with Gasteiger partial charge in [-0.3, -0.25) is 0 Å². The summed E-state index contributed by atoms with van der Waals surface area (Å²) in [7, 11) is 0. The van der Waals surface area contributed by atoms with Crippen LogP contribution in [0.2, 0.25) is 5.02 Å². The van der Waals surface area contributed by atoms with Crippen LogP contribution in [-0.4, -0.2) is 16.3 Å². The van der Waals surface area contributed by atoms with Crippen molar-refractivity contribution < 1.29 is 0 Å². The minimum Gasteiger partial charge on any atom is -0.370 e. The average molecular weight is 316 g/mol. The molecule has 116 valence electrons. The van der Waals surface area contributed by atoms with Gasteiger partial charge in [-0.2, -0.15) is 5.10 Å². The molecule has 0 saturated heterocycles. The van der Waals surface area contributed by atoms with Crippen molar-refractivity contribution in [3.8, 4) is 5.69 Å². The molecule has 1 aromatic carbocycles. The van der Waals surface area contributed by atoms with E-state index in [4.69, 9.17) is 16.7 Å². The lowest BCUT2D eigenvalue weighted by atomic mass is 9.97. The number of hydrogen-bond acceptors (Lipinski definition) is 2. The zero-order chi connectivity index (χ0) is 14.9. The van der Waals surface area contributed by atoms with Gasteiger partial charge in [-0.15, -0.1) is 0 Å². The van der Waals surface area contributed by atoms with E-state index in [0.717, 1.165) is 23.7 Å². The number of fused-ring (bicyclic) bond motifs is 1. The van der Waals surface area contributed by atoms with Crippen LogP contribution in [0.3, 0.4) is 0 Å². The predicted molar refractivity (Wildman–Crippen MR) is 91.2 cm³/mol. The fourth-order valence-corrected chi connectivity index (χ4v) is 3.95. The van der Waals surface area contributed by atoms with Crippen molar-refractivity contribution in [2.45, 2.75) is 50.9 Å². The van der Waals surface area contributed by atoms with Crippen LogP contribution < -0.4 is 5.32 Å². The molecular weight excluding hydrogens is 294 g/mol. The van der Waals surface area contributed by atoms with Gasteiger partial charge in [0.05, 0.1) is 11.4 Å². The molecule has 0 spiro atoms. The van der Waals surface area contributed by atoms with Crippen LogP contribution >= 0.6 is 11.6 Å². The summed E-state index contributed by atoms with van der Waals surface area (Å²) < 4.78 is 2.10. The van der Waals surface area contributed by atoms with Gasteiger partial charge < -0.3 is 5.32 Å². The topological polar surface area (TPSA) is 29.9 Å². The molecule has 0 unspecified atom stereocenters. The van der Waals surface area contributed by atoms with E-state index >= 15 is 0 Å². The lowest BCUT2D eigenvalue weighted by molar-refractivity contribution is 0.664. The molecule has 4 rings (SSSR count). The molecule has 0 bridgehead atoms. The number of aromatic nitrogens is 2. The second kappa shape index (κ2) is 5.96. The molecule has 1 fully saturated rings. The van der Waals surface area contributed by atoms with Crippen molar-refractivity contribution in [2.75, 3.05) is 11.9 Å². The van der Waals surface area contributed by atoms with Crippen LogP contribution in [-0.2, 0) is 6.42 Å². The Bertz CT molecular complexity index is 654. The molecule has 3 nitrogen and oxygen atoms in total. The normalized spacial score (nSPS) is 18.8. The Morgan fingerprint density at radius 3 is 2.59 bits per heavy atom. The highest BCUT2D eigenvalue weighted by Gasteiger charge is 2.27. The third-order valence-corrected chi connectivity index (χ3v) is 5.23. The number of nitrogens with one attached hydrogen (secondary N) is 1. The van der Waals surface area contributed by atoms with E-state index in [-0.39, 0.29) is 0 Å². The van der Waals surface area contributed by atoms with Gasteiger partial charge in [0, 0.05) is 23.0 Å². The van der Waals surface area contributed by atoms with Gasteiger partial charge in [-0.05, 0) is 56.4 Å². The molecule has 2 heterocycles. The van der Waals surface area contributed by atoms with Crippen molar-refractivity contribution in [3.63, 3.8) is 0 Å². The maximum absolute atomic E-state index is 6.03. The first-order chi connectivity index (χ1) is 10.8. The minimum absolute atomic E-state index is 0.655. The molecule has 1 aromatic heterocycles. The standard InChI is InChI=1S/C18H22ClN3/c19-14-8-10-15(11-9-14)22-18-16(7-3-4-12-20-18)17(21-22)13-5-1-2-6-13/h8-11,13,20H,1-7,12H2. The Kier molecular flexibility index (Phi) is 3.83. The van der Waals surface area contributed by atoms with Crippen molar-refractivity contribution in [1.82, 2.24) is 9.78 Å². The molecule has 1 N–H and O–H groups in total. The van der Waals surface area contributed by atoms with Crippen LogP contribution in [0.5, 0.6) is 0 Å². The second-order valence-electron chi connectivity index (χ2n) is 6.47. The molecule has 0 amide bonds. The van der Waals surface area contributed by atoms with Crippen LogP contribution in [0, 0.1) is 0 Å². The fraction of sp³-hybridized carbons (Fsp3) is 0.500. The van der Waals surface area contributed by atoms with Crippen LogP contribution in [0.4, 0.5) is 5.82 Å². The van der Waals surface area contributed by atoms with Gasteiger partial charge in [0.1, 0.15) is 5.82 Å². The SMILES string of the molecule is Clc1ccc(-n2nc(C3CCCC3)c3c2NCCCC3)cc1. The largest absolute Gasteiger partial charge is 0.370 e. The van der Waals surface area contributed by atoms with E-state index in [0.29, 0.717) is 5.92 Å². The lowest BCUT2D eigenvalue weighted by Crippen LogP contribution is -2.07. The summed E-state index contributed by atoms with van der Waals surface area (Å²) in [6, 6.07) is 8.00. The first-order valence-electron chi connectivity index (χ1n) is 8.44. The van der Waals surface area contributed by atoms with E-state index in [1.165, 1.54) is 55.6 Å². The molecule has 2 aromatic rings. The first-order valence-corrected chi connectivity index (χ1v) is 8.82. The molecule has 0 radical (unpaired) electrons. The van der Waals surface area contributed by atoms with Gasteiger partial charge >= 0.3 is 0 Å². The fourth-order valence-electron chi connectivity index (χ4n) is 3.83. The maximum atomic E-state index is 6.03.